The average molecular weight is 324 g/mol. The summed E-state index contributed by atoms with van der Waals surface area (Å²) >= 11 is 12.2. The number of halogens is 3. The molecule has 0 fully saturated rings. The van der Waals surface area contributed by atoms with Crippen molar-refractivity contribution >= 4 is 28.8 Å². The molecule has 108 valence electrons. The molecule has 2 aromatic heterocycles. The Hall–Kier alpha value is -1.62. The molecule has 0 saturated carbocycles. The zero-order chi connectivity index (χ0) is 15.0. The van der Waals surface area contributed by atoms with E-state index in [0.29, 0.717) is 28.7 Å². The highest BCUT2D eigenvalue weighted by Gasteiger charge is 2.14. The molecule has 0 atom stereocenters. The van der Waals surface area contributed by atoms with E-state index in [1.165, 1.54) is 12.1 Å². The molecule has 0 aliphatic carbocycles. The number of hydrogen-bond acceptors (Lipinski definition) is 2. The van der Waals surface area contributed by atoms with Gasteiger partial charge in [0.1, 0.15) is 5.82 Å². The van der Waals surface area contributed by atoms with Gasteiger partial charge in [0.2, 0.25) is 0 Å². The fourth-order valence-electron chi connectivity index (χ4n) is 2.32. The van der Waals surface area contributed by atoms with Crippen molar-refractivity contribution in [1.29, 1.82) is 0 Å². The summed E-state index contributed by atoms with van der Waals surface area (Å²) in [6, 6.07) is 7.96. The fraction of sp³-hybridized carbons (Fsp3) is 0.133. The Bertz CT molecular complexity index is 797. The van der Waals surface area contributed by atoms with E-state index in [1.807, 2.05) is 4.40 Å². The second kappa shape index (κ2) is 5.64. The predicted molar refractivity (Wildman–Crippen MR) is 82.3 cm³/mol. The number of nitrogens with two attached hydrogens (primary N) is 1. The molecule has 0 aliphatic rings. The number of hydrogen-bond donors (Lipinski definition) is 1. The number of nitrogens with zero attached hydrogens (tertiary/aromatic N) is 2. The van der Waals surface area contributed by atoms with Gasteiger partial charge in [-0.2, -0.15) is 0 Å². The third kappa shape index (κ3) is 2.75. The van der Waals surface area contributed by atoms with E-state index in [4.69, 9.17) is 28.9 Å². The van der Waals surface area contributed by atoms with Crippen LogP contribution in [0.25, 0.3) is 5.65 Å². The van der Waals surface area contributed by atoms with Crippen LogP contribution in [0, 0.1) is 5.82 Å². The predicted octanol–water partition coefficient (Wildman–Crippen LogP) is 3.83. The minimum atomic E-state index is -0.261. The summed E-state index contributed by atoms with van der Waals surface area (Å²) in [6.07, 6.45) is 2.30. The topological polar surface area (TPSA) is 43.3 Å². The van der Waals surface area contributed by atoms with Crippen LogP contribution in [0.3, 0.4) is 0 Å². The molecular weight excluding hydrogens is 312 g/mol. The molecule has 6 heteroatoms. The number of aromatic nitrogens is 2. The lowest BCUT2D eigenvalue weighted by Crippen LogP contribution is -2.04. The largest absolute Gasteiger partial charge is 0.325 e. The molecule has 3 rings (SSSR count). The Morgan fingerprint density at radius 3 is 2.57 bits per heavy atom. The molecule has 2 N–H and O–H groups in total. The van der Waals surface area contributed by atoms with E-state index in [9.17, 15) is 4.39 Å². The van der Waals surface area contributed by atoms with Crippen LogP contribution < -0.4 is 5.73 Å². The van der Waals surface area contributed by atoms with Crippen molar-refractivity contribution in [1.82, 2.24) is 9.38 Å². The fourth-order valence-corrected chi connectivity index (χ4v) is 2.83. The van der Waals surface area contributed by atoms with Crippen molar-refractivity contribution in [3.63, 3.8) is 0 Å². The number of rotatable bonds is 3. The SMILES string of the molecule is NCc1c(Cc2ccc(F)cc2)nc2c(Cl)cc(Cl)cn12. The lowest BCUT2D eigenvalue weighted by atomic mass is 10.1. The third-order valence-electron chi connectivity index (χ3n) is 3.30. The van der Waals surface area contributed by atoms with Crippen LogP contribution in [0.4, 0.5) is 4.39 Å². The molecule has 21 heavy (non-hydrogen) atoms. The Labute approximate surface area is 131 Å². The first-order valence-corrected chi connectivity index (χ1v) is 7.13. The van der Waals surface area contributed by atoms with Crippen LogP contribution >= 0.6 is 23.2 Å². The molecule has 2 heterocycles. The lowest BCUT2D eigenvalue weighted by molar-refractivity contribution is 0.627. The molecule has 3 nitrogen and oxygen atoms in total. The van der Waals surface area contributed by atoms with Gasteiger partial charge in [-0.1, -0.05) is 35.3 Å². The second-order valence-electron chi connectivity index (χ2n) is 4.71. The molecule has 0 saturated heterocycles. The summed E-state index contributed by atoms with van der Waals surface area (Å²) in [6.45, 7) is 0.314. The Kier molecular flexibility index (Phi) is 3.85. The number of pyridine rings is 1. The van der Waals surface area contributed by atoms with Crippen LogP contribution in [0.2, 0.25) is 10.0 Å². The Morgan fingerprint density at radius 1 is 1.19 bits per heavy atom. The van der Waals surface area contributed by atoms with Gasteiger partial charge in [0.05, 0.1) is 21.4 Å². The smallest absolute Gasteiger partial charge is 0.156 e. The maximum absolute atomic E-state index is 13.0. The monoisotopic (exact) mass is 323 g/mol. The number of imidazole rings is 1. The van der Waals surface area contributed by atoms with Gasteiger partial charge in [-0.3, -0.25) is 4.40 Å². The average Bonchev–Trinajstić information content (AvgIpc) is 2.79. The van der Waals surface area contributed by atoms with Gasteiger partial charge >= 0.3 is 0 Å². The van der Waals surface area contributed by atoms with Crippen LogP contribution in [-0.4, -0.2) is 9.38 Å². The highest BCUT2D eigenvalue weighted by Crippen LogP contribution is 2.25. The van der Waals surface area contributed by atoms with E-state index < -0.39 is 0 Å². The molecule has 0 aliphatic heterocycles. The minimum absolute atomic E-state index is 0.261. The van der Waals surface area contributed by atoms with Gasteiger partial charge in [0.15, 0.2) is 5.65 Å². The Balaban J connectivity index is 2.09. The van der Waals surface area contributed by atoms with Gasteiger partial charge in [-0.05, 0) is 23.8 Å². The highest BCUT2D eigenvalue weighted by molar-refractivity contribution is 6.36. The normalized spacial score (nSPS) is 11.2. The lowest BCUT2D eigenvalue weighted by Gasteiger charge is -2.03. The molecule has 1 aromatic carbocycles. The first-order valence-electron chi connectivity index (χ1n) is 6.38. The van der Waals surface area contributed by atoms with Crippen LogP contribution in [0.1, 0.15) is 17.0 Å². The maximum Gasteiger partial charge on any atom is 0.156 e. The van der Waals surface area contributed by atoms with Crippen molar-refractivity contribution in [3.8, 4) is 0 Å². The summed E-state index contributed by atoms with van der Waals surface area (Å²) < 4.78 is 14.8. The summed E-state index contributed by atoms with van der Waals surface area (Å²) in [4.78, 5) is 4.54. The molecule has 3 aromatic rings. The van der Waals surface area contributed by atoms with Crippen molar-refractivity contribution in [3.05, 3.63) is 69.3 Å². The molecule has 0 amide bonds. The van der Waals surface area contributed by atoms with E-state index in [1.54, 1.807) is 24.4 Å². The maximum atomic E-state index is 13.0. The first kappa shape index (κ1) is 14.3. The van der Waals surface area contributed by atoms with Gasteiger partial charge < -0.3 is 5.73 Å². The zero-order valence-corrected chi connectivity index (χ0v) is 12.5. The minimum Gasteiger partial charge on any atom is -0.325 e. The van der Waals surface area contributed by atoms with Crippen molar-refractivity contribution in [2.75, 3.05) is 0 Å². The molecule has 0 spiro atoms. The van der Waals surface area contributed by atoms with E-state index in [2.05, 4.69) is 4.98 Å². The summed E-state index contributed by atoms with van der Waals surface area (Å²) in [5.74, 6) is -0.261. The van der Waals surface area contributed by atoms with Gasteiger partial charge in [0.25, 0.3) is 0 Å². The van der Waals surface area contributed by atoms with Crippen molar-refractivity contribution in [2.24, 2.45) is 5.73 Å². The summed E-state index contributed by atoms with van der Waals surface area (Å²) in [5.41, 5.74) is 9.07. The van der Waals surface area contributed by atoms with E-state index in [0.717, 1.165) is 17.0 Å². The van der Waals surface area contributed by atoms with E-state index >= 15 is 0 Å². The van der Waals surface area contributed by atoms with Crippen molar-refractivity contribution < 1.29 is 4.39 Å². The van der Waals surface area contributed by atoms with Gasteiger partial charge in [-0.25, -0.2) is 9.37 Å². The summed E-state index contributed by atoms with van der Waals surface area (Å²) in [5, 5.41) is 0.996. The standard InChI is InChI=1S/C15H12Cl2FN3/c16-10-6-12(17)15-20-13(14(7-19)21(15)8-10)5-9-1-3-11(18)4-2-9/h1-4,6,8H,5,7,19H2. The molecule has 0 bridgehead atoms. The van der Waals surface area contributed by atoms with Crippen LogP contribution in [-0.2, 0) is 13.0 Å². The van der Waals surface area contributed by atoms with Crippen LogP contribution in [0.5, 0.6) is 0 Å². The number of fused-ring (bicyclic) bond motifs is 1. The van der Waals surface area contributed by atoms with Gasteiger partial charge in [-0.15, -0.1) is 0 Å². The molecule has 0 unspecified atom stereocenters. The molecular formula is C15H12Cl2FN3. The molecule has 0 radical (unpaired) electrons. The summed E-state index contributed by atoms with van der Waals surface area (Å²) in [7, 11) is 0. The zero-order valence-electron chi connectivity index (χ0n) is 11.0. The quantitative estimate of drug-likeness (QED) is 0.796. The van der Waals surface area contributed by atoms with E-state index in [-0.39, 0.29) is 5.82 Å². The van der Waals surface area contributed by atoms with Crippen molar-refractivity contribution in [2.45, 2.75) is 13.0 Å². The third-order valence-corrected chi connectivity index (χ3v) is 3.79. The highest BCUT2D eigenvalue weighted by atomic mass is 35.5. The van der Waals surface area contributed by atoms with Crippen LogP contribution in [0.15, 0.2) is 36.5 Å². The number of benzene rings is 1. The first-order chi connectivity index (χ1) is 10.1. The second-order valence-corrected chi connectivity index (χ2v) is 5.56. The Morgan fingerprint density at radius 2 is 1.90 bits per heavy atom. The van der Waals surface area contributed by atoms with Gasteiger partial charge in [0, 0.05) is 19.2 Å².